The minimum atomic E-state index is -0.402. The Morgan fingerprint density at radius 2 is 1.97 bits per heavy atom. The zero-order chi connectivity index (χ0) is 22.4. The van der Waals surface area contributed by atoms with Crippen molar-refractivity contribution in [3.05, 3.63) is 53.6 Å². The van der Waals surface area contributed by atoms with Crippen molar-refractivity contribution in [1.29, 1.82) is 0 Å². The Bertz CT molecular complexity index is 978. The number of benzene rings is 2. The van der Waals surface area contributed by atoms with Crippen LogP contribution in [0.4, 0.5) is 11.4 Å². The molecule has 1 aliphatic heterocycles. The Balaban J connectivity index is 1.86. The summed E-state index contributed by atoms with van der Waals surface area (Å²) >= 11 is 1.49. The number of nitrogens with zero attached hydrogens (tertiary/aromatic N) is 1. The molecule has 7 nitrogen and oxygen atoms in total. The third-order valence-corrected chi connectivity index (χ3v) is 6.02. The first-order valence-electron chi connectivity index (χ1n) is 10.1. The molecular formula is C23H26N2O5S. The van der Waals surface area contributed by atoms with Crippen LogP contribution in [0, 0.1) is 6.92 Å². The van der Waals surface area contributed by atoms with Crippen molar-refractivity contribution in [3.63, 3.8) is 0 Å². The number of thioether (sulfide) groups is 1. The summed E-state index contributed by atoms with van der Waals surface area (Å²) in [4.78, 5) is 38.5. The molecule has 0 aromatic heterocycles. The van der Waals surface area contributed by atoms with E-state index in [0.29, 0.717) is 22.9 Å². The maximum absolute atomic E-state index is 12.8. The third kappa shape index (κ3) is 5.38. The Labute approximate surface area is 186 Å². The number of carbonyl (C=O) groups is 3. The Kier molecular flexibility index (Phi) is 7.57. The molecule has 2 aromatic carbocycles. The van der Waals surface area contributed by atoms with E-state index < -0.39 is 5.97 Å². The fourth-order valence-corrected chi connectivity index (χ4v) is 4.60. The molecule has 8 heteroatoms. The molecule has 0 bridgehead atoms. The molecule has 0 radical (unpaired) electrons. The zero-order valence-electron chi connectivity index (χ0n) is 17.8. The van der Waals surface area contributed by atoms with Crippen molar-refractivity contribution >= 4 is 40.9 Å². The van der Waals surface area contributed by atoms with Gasteiger partial charge in [-0.2, -0.15) is 0 Å². The van der Waals surface area contributed by atoms with Crippen molar-refractivity contribution in [2.45, 2.75) is 32.1 Å². The lowest BCUT2D eigenvalue weighted by molar-refractivity contribution is -0.144. The quantitative estimate of drug-likeness (QED) is 0.621. The molecule has 1 N–H and O–H groups in total. The number of nitrogens with one attached hydrogen (secondary N) is 1. The highest BCUT2D eigenvalue weighted by molar-refractivity contribution is 8.00. The molecule has 1 unspecified atom stereocenters. The zero-order valence-corrected chi connectivity index (χ0v) is 18.7. The van der Waals surface area contributed by atoms with Crippen LogP contribution in [0.3, 0.4) is 0 Å². The number of anilines is 2. The topological polar surface area (TPSA) is 84.9 Å². The molecule has 2 aromatic rings. The Hall–Kier alpha value is -3.00. The third-order valence-electron chi connectivity index (χ3n) is 4.82. The van der Waals surface area contributed by atoms with Crippen LogP contribution >= 0.6 is 11.8 Å². The smallest absolute Gasteiger partial charge is 0.306 e. The Morgan fingerprint density at radius 3 is 2.71 bits per heavy atom. The van der Waals surface area contributed by atoms with E-state index in [4.69, 9.17) is 9.47 Å². The molecular weight excluding hydrogens is 416 g/mol. The number of hydrogen-bond acceptors (Lipinski definition) is 6. The van der Waals surface area contributed by atoms with E-state index in [1.807, 2.05) is 43.3 Å². The van der Waals surface area contributed by atoms with Gasteiger partial charge in [0.15, 0.2) is 0 Å². The molecule has 164 valence electrons. The second-order valence-electron chi connectivity index (χ2n) is 7.04. The first-order chi connectivity index (χ1) is 14.9. The van der Waals surface area contributed by atoms with Gasteiger partial charge < -0.3 is 14.8 Å². The van der Waals surface area contributed by atoms with Crippen LogP contribution in [0.2, 0.25) is 0 Å². The summed E-state index contributed by atoms with van der Waals surface area (Å²) in [5.74, 6) is 0.229. The van der Waals surface area contributed by atoms with Gasteiger partial charge in [-0.05, 0) is 37.6 Å². The summed E-state index contributed by atoms with van der Waals surface area (Å²) in [6.07, 6.45) is 0.0461. The summed E-state index contributed by atoms with van der Waals surface area (Å²) in [5, 5.41) is 2.57. The van der Waals surface area contributed by atoms with Crippen LogP contribution in [0.1, 0.15) is 36.3 Å². The fraction of sp³-hybridized carbons (Fsp3) is 0.348. The fourth-order valence-electron chi connectivity index (χ4n) is 3.39. The SMILES string of the molecule is CCOC(=O)CCC(=O)Nc1ccccc1C1SCC(=O)N1c1cc(C)ccc1OC. The molecule has 31 heavy (non-hydrogen) atoms. The van der Waals surface area contributed by atoms with Gasteiger partial charge in [0.1, 0.15) is 11.1 Å². The molecule has 2 amide bonds. The molecule has 3 rings (SSSR count). The predicted molar refractivity (Wildman–Crippen MR) is 121 cm³/mol. The minimum absolute atomic E-state index is 0.0190. The number of hydrogen-bond donors (Lipinski definition) is 1. The largest absolute Gasteiger partial charge is 0.495 e. The highest BCUT2D eigenvalue weighted by Gasteiger charge is 2.37. The van der Waals surface area contributed by atoms with Gasteiger partial charge in [0, 0.05) is 17.7 Å². The van der Waals surface area contributed by atoms with Crippen LogP contribution in [0.25, 0.3) is 0 Å². The second-order valence-corrected chi connectivity index (χ2v) is 8.11. The summed E-state index contributed by atoms with van der Waals surface area (Å²) in [7, 11) is 1.58. The number of rotatable bonds is 8. The van der Waals surface area contributed by atoms with E-state index in [2.05, 4.69) is 5.32 Å². The number of ether oxygens (including phenoxy) is 2. The van der Waals surface area contributed by atoms with E-state index in [9.17, 15) is 14.4 Å². The molecule has 0 spiro atoms. The first kappa shape index (κ1) is 22.7. The number of amides is 2. The highest BCUT2D eigenvalue weighted by atomic mass is 32.2. The molecule has 1 saturated heterocycles. The number of esters is 1. The lowest BCUT2D eigenvalue weighted by Gasteiger charge is -2.27. The summed E-state index contributed by atoms with van der Waals surface area (Å²) in [5.41, 5.74) is 3.14. The van der Waals surface area contributed by atoms with Crippen LogP contribution < -0.4 is 15.0 Å². The molecule has 1 aliphatic rings. The van der Waals surface area contributed by atoms with E-state index >= 15 is 0 Å². The van der Waals surface area contributed by atoms with Gasteiger partial charge in [0.25, 0.3) is 0 Å². The molecule has 0 saturated carbocycles. The van der Waals surface area contributed by atoms with Crippen LogP contribution in [-0.2, 0) is 19.1 Å². The van der Waals surface area contributed by atoms with Gasteiger partial charge in [-0.3, -0.25) is 19.3 Å². The summed E-state index contributed by atoms with van der Waals surface area (Å²) in [6, 6.07) is 13.1. The van der Waals surface area contributed by atoms with Gasteiger partial charge >= 0.3 is 5.97 Å². The number of aryl methyl sites for hydroxylation is 1. The van der Waals surface area contributed by atoms with Gasteiger partial charge in [-0.15, -0.1) is 11.8 Å². The number of carbonyl (C=O) groups excluding carboxylic acids is 3. The van der Waals surface area contributed by atoms with E-state index in [0.717, 1.165) is 11.1 Å². The van der Waals surface area contributed by atoms with Crippen LogP contribution in [0.5, 0.6) is 5.75 Å². The maximum atomic E-state index is 12.8. The summed E-state index contributed by atoms with van der Waals surface area (Å²) < 4.78 is 10.4. The average molecular weight is 443 g/mol. The van der Waals surface area contributed by atoms with Gasteiger partial charge in [-0.25, -0.2) is 0 Å². The van der Waals surface area contributed by atoms with Gasteiger partial charge in [0.2, 0.25) is 11.8 Å². The first-order valence-corrected chi connectivity index (χ1v) is 11.1. The molecule has 1 heterocycles. The van der Waals surface area contributed by atoms with Crippen molar-refractivity contribution in [1.82, 2.24) is 0 Å². The Morgan fingerprint density at radius 1 is 1.19 bits per heavy atom. The summed E-state index contributed by atoms with van der Waals surface area (Å²) in [6.45, 7) is 3.97. The minimum Gasteiger partial charge on any atom is -0.495 e. The van der Waals surface area contributed by atoms with Gasteiger partial charge in [0.05, 0.1) is 31.6 Å². The van der Waals surface area contributed by atoms with Crippen molar-refractivity contribution in [2.75, 3.05) is 29.7 Å². The van der Waals surface area contributed by atoms with E-state index in [1.54, 1.807) is 25.0 Å². The maximum Gasteiger partial charge on any atom is 0.306 e. The lowest BCUT2D eigenvalue weighted by Crippen LogP contribution is -2.29. The average Bonchev–Trinajstić information content (AvgIpc) is 3.14. The monoisotopic (exact) mass is 442 g/mol. The van der Waals surface area contributed by atoms with Crippen molar-refractivity contribution in [2.24, 2.45) is 0 Å². The predicted octanol–water partition coefficient (Wildman–Crippen LogP) is 4.06. The lowest BCUT2D eigenvalue weighted by atomic mass is 10.1. The van der Waals surface area contributed by atoms with E-state index in [-0.39, 0.29) is 36.6 Å². The normalized spacial score (nSPS) is 15.6. The number of methoxy groups -OCH3 is 1. The highest BCUT2D eigenvalue weighted by Crippen LogP contribution is 2.46. The van der Waals surface area contributed by atoms with Crippen molar-refractivity contribution in [3.8, 4) is 5.75 Å². The van der Waals surface area contributed by atoms with Crippen molar-refractivity contribution < 1.29 is 23.9 Å². The number of para-hydroxylation sites is 1. The second kappa shape index (κ2) is 10.3. The van der Waals surface area contributed by atoms with Gasteiger partial charge in [-0.1, -0.05) is 24.3 Å². The molecule has 1 atom stereocenters. The molecule has 0 aliphatic carbocycles. The van der Waals surface area contributed by atoms with E-state index in [1.165, 1.54) is 11.8 Å². The standard InChI is InChI=1S/C23H26N2O5S/c1-4-30-22(28)12-11-20(26)24-17-8-6-5-7-16(17)23-25(21(27)14-31-23)18-13-15(2)9-10-19(18)29-3/h5-10,13,23H,4,11-12,14H2,1-3H3,(H,24,26). The van der Waals surface area contributed by atoms with Crippen LogP contribution in [-0.4, -0.2) is 37.3 Å². The molecule has 1 fully saturated rings. The van der Waals surface area contributed by atoms with Crippen LogP contribution in [0.15, 0.2) is 42.5 Å².